The van der Waals surface area contributed by atoms with E-state index in [4.69, 9.17) is 10.8 Å². The van der Waals surface area contributed by atoms with Gasteiger partial charge in [-0.2, -0.15) is 0 Å². The van der Waals surface area contributed by atoms with Gasteiger partial charge in [-0.3, -0.25) is 4.79 Å². The van der Waals surface area contributed by atoms with Crippen LogP contribution >= 0.6 is 0 Å². The average molecular weight is 220 g/mol. The number of carbonyl (C=O) groups is 2. The Balaban J connectivity index is 2.33. The molecule has 16 heavy (non-hydrogen) atoms. The van der Waals surface area contributed by atoms with Gasteiger partial charge in [0.25, 0.3) is 0 Å². The Labute approximate surface area is 92.5 Å². The molecular formula is C11H12N2O3. The lowest BCUT2D eigenvalue weighted by atomic mass is 10.1. The summed E-state index contributed by atoms with van der Waals surface area (Å²) in [6.07, 6.45) is 0.822. The summed E-state index contributed by atoms with van der Waals surface area (Å²) in [6.45, 7) is 0.845. The number of fused-ring (bicyclic) bond motifs is 1. The van der Waals surface area contributed by atoms with Crippen molar-refractivity contribution in [2.75, 3.05) is 18.0 Å². The molecule has 0 unspecified atom stereocenters. The summed E-state index contributed by atoms with van der Waals surface area (Å²) < 4.78 is 0. The number of nitrogens with two attached hydrogens (primary N) is 1. The Bertz CT molecular complexity index is 457. The smallest absolute Gasteiger partial charge is 0.335 e. The van der Waals surface area contributed by atoms with Gasteiger partial charge >= 0.3 is 5.97 Å². The molecular weight excluding hydrogens is 208 g/mol. The molecule has 1 aliphatic heterocycles. The second-order valence-electron chi connectivity index (χ2n) is 3.79. The van der Waals surface area contributed by atoms with E-state index in [1.54, 1.807) is 18.2 Å². The Morgan fingerprint density at radius 3 is 2.81 bits per heavy atom. The van der Waals surface area contributed by atoms with Gasteiger partial charge in [0.15, 0.2) is 0 Å². The number of aromatic carboxylic acids is 1. The zero-order valence-corrected chi connectivity index (χ0v) is 8.64. The standard InChI is InChI=1S/C11H12N2O3/c12-10(14)6-13-4-3-7-1-2-8(11(15)16)5-9(7)13/h1-2,5H,3-4,6H2,(H2,12,14)(H,15,16). The number of carbonyl (C=O) groups excluding carboxylic acids is 1. The van der Waals surface area contributed by atoms with Crippen LogP contribution in [-0.2, 0) is 11.2 Å². The molecule has 0 atom stereocenters. The number of hydrogen-bond acceptors (Lipinski definition) is 3. The van der Waals surface area contributed by atoms with Crippen molar-refractivity contribution in [1.82, 2.24) is 0 Å². The number of amides is 1. The molecule has 0 aromatic heterocycles. The predicted octanol–water partition coefficient (Wildman–Crippen LogP) is 0.233. The van der Waals surface area contributed by atoms with Crippen LogP contribution in [0.25, 0.3) is 0 Å². The first-order valence-electron chi connectivity index (χ1n) is 4.97. The van der Waals surface area contributed by atoms with E-state index >= 15 is 0 Å². The number of rotatable bonds is 3. The molecule has 2 rings (SSSR count). The molecule has 0 fully saturated rings. The molecule has 1 aliphatic rings. The van der Waals surface area contributed by atoms with Gasteiger partial charge in [0.1, 0.15) is 0 Å². The molecule has 3 N–H and O–H groups in total. The zero-order chi connectivity index (χ0) is 11.7. The number of benzene rings is 1. The monoisotopic (exact) mass is 220 g/mol. The Kier molecular flexibility index (Phi) is 2.52. The maximum absolute atomic E-state index is 10.8. The number of primary amides is 1. The highest BCUT2D eigenvalue weighted by molar-refractivity contribution is 5.90. The number of carboxylic acid groups (broad SMARTS) is 1. The molecule has 0 aliphatic carbocycles. The molecule has 0 saturated carbocycles. The largest absolute Gasteiger partial charge is 0.478 e. The fourth-order valence-electron chi connectivity index (χ4n) is 1.93. The lowest BCUT2D eigenvalue weighted by Gasteiger charge is -2.17. The van der Waals surface area contributed by atoms with Crippen LogP contribution in [0.1, 0.15) is 15.9 Å². The molecule has 5 nitrogen and oxygen atoms in total. The molecule has 1 amide bonds. The highest BCUT2D eigenvalue weighted by atomic mass is 16.4. The zero-order valence-electron chi connectivity index (χ0n) is 8.64. The summed E-state index contributed by atoms with van der Waals surface area (Å²) >= 11 is 0. The van der Waals surface area contributed by atoms with Crippen LogP contribution in [0.15, 0.2) is 18.2 Å². The van der Waals surface area contributed by atoms with Crippen molar-refractivity contribution in [3.8, 4) is 0 Å². The second-order valence-corrected chi connectivity index (χ2v) is 3.79. The van der Waals surface area contributed by atoms with Crippen LogP contribution in [0.5, 0.6) is 0 Å². The maximum atomic E-state index is 10.8. The van der Waals surface area contributed by atoms with Crippen molar-refractivity contribution in [3.05, 3.63) is 29.3 Å². The first-order valence-corrected chi connectivity index (χ1v) is 4.97. The normalized spacial score (nSPS) is 13.6. The van der Waals surface area contributed by atoms with Crippen LogP contribution in [0.3, 0.4) is 0 Å². The summed E-state index contributed by atoms with van der Waals surface area (Å²) in [5, 5.41) is 8.87. The first kappa shape index (κ1) is 10.5. The van der Waals surface area contributed by atoms with Gasteiger partial charge in [0, 0.05) is 12.2 Å². The average Bonchev–Trinajstić information content (AvgIpc) is 2.60. The highest BCUT2D eigenvalue weighted by Crippen LogP contribution is 2.28. The topological polar surface area (TPSA) is 83.6 Å². The molecule has 0 radical (unpaired) electrons. The van der Waals surface area contributed by atoms with Crippen LogP contribution in [0, 0.1) is 0 Å². The molecule has 0 saturated heterocycles. The predicted molar refractivity (Wildman–Crippen MR) is 58.5 cm³/mol. The SMILES string of the molecule is NC(=O)CN1CCc2ccc(C(=O)O)cc21. The van der Waals surface area contributed by atoms with Crippen molar-refractivity contribution in [1.29, 1.82) is 0 Å². The molecule has 1 heterocycles. The third-order valence-corrected chi connectivity index (χ3v) is 2.67. The molecule has 5 heteroatoms. The summed E-state index contributed by atoms with van der Waals surface area (Å²) in [5.74, 6) is -1.37. The molecule has 1 aromatic rings. The first-order chi connectivity index (χ1) is 7.58. The van der Waals surface area contributed by atoms with E-state index in [0.29, 0.717) is 6.54 Å². The highest BCUT2D eigenvalue weighted by Gasteiger charge is 2.21. The molecule has 0 bridgehead atoms. The molecule has 0 spiro atoms. The van der Waals surface area contributed by atoms with E-state index in [1.165, 1.54) is 0 Å². The summed E-state index contributed by atoms with van der Waals surface area (Å²) in [6, 6.07) is 4.96. The lowest BCUT2D eigenvalue weighted by Crippen LogP contribution is -2.32. The minimum atomic E-state index is -0.964. The van der Waals surface area contributed by atoms with Gasteiger partial charge in [-0.25, -0.2) is 4.79 Å². The van der Waals surface area contributed by atoms with Crippen molar-refractivity contribution >= 4 is 17.6 Å². The minimum absolute atomic E-state index is 0.135. The van der Waals surface area contributed by atoms with Gasteiger partial charge in [-0.15, -0.1) is 0 Å². The Morgan fingerprint density at radius 1 is 1.44 bits per heavy atom. The van der Waals surface area contributed by atoms with Crippen molar-refractivity contribution in [2.45, 2.75) is 6.42 Å². The van der Waals surface area contributed by atoms with Gasteiger partial charge < -0.3 is 15.7 Å². The summed E-state index contributed by atoms with van der Waals surface area (Å²) in [7, 11) is 0. The van der Waals surface area contributed by atoms with E-state index in [0.717, 1.165) is 17.7 Å². The second kappa shape index (κ2) is 3.84. The van der Waals surface area contributed by atoms with Crippen LogP contribution in [-0.4, -0.2) is 30.1 Å². The minimum Gasteiger partial charge on any atom is -0.478 e. The maximum Gasteiger partial charge on any atom is 0.335 e. The van der Waals surface area contributed by atoms with Crippen LogP contribution in [0.4, 0.5) is 5.69 Å². The van der Waals surface area contributed by atoms with Crippen molar-refractivity contribution < 1.29 is 14.7 Å². The third-order valence-electron chi connectivity index (χ3n) is 2.67. The Morgan fingerprint density at radius 2 is 2.19 bits per heavy atom. The third kappa shape index (κ3) is 1.84. The van der Waals surface area contributed by atoms with E-state index in [1.807, 2.05) is 4.90 Å². The number of hydrogen-bond donors (Lipinski definition) is 2. The summed E-state index contributed by atoms with van der Waals surface area (Å²) in [4.78, 5) is 23.5. The van der Waals surface area contributed by atoms with E-state index in [9.17, 15) is 9.59 Å². The van der Waals surface area contributed by atoms with Gasteiger partial charge in [-0.05, 0) is 24.1 Å². The van der Waals surface area contributed by atoms with Crippen LogP contribution < -0.4 is 10.6 Å². The summed E-state index contributed by atoms with van der Waals surface area (Å²) in [5.41, 5.74) is 7.23. The number of anilines is 1. The Hall–Kier alpha value is -2.04. The van der Waals surface area contributed by atoms with Crippen molar-refractivity contribution in [3.63, 3.8) is 0 Å². The molecule has 1 aromatic carbocycles. The van der Waals surface area contributed by atoms with Gasteiger partial charge in [-0.1, -0.05) is 6.07 Å². The van der Waals surface area contributed by atoms with Crippen LogP contribution in [0.2, 0.25) is 0 Å². The van der Waals surface area contributed by atoms with Crippen molar-refractivity contribution in [2.24, 2.45) is 5.73 Å². The van der Waals surface area contributed by atoms with Gasteiger partial charge in [0.2, 0.25) is 5.91 Å². The fraction of sp³-hybridized carbons (Fsp3) is 0.273. The molecule has 84 valence electrons. The quantitative estimate of drug-likeness (QED) is 0.763. The van der Waals surface area contributed by atoms with E-state index in [2.05, 4.69) is 0 Å². The number of nitrogens with zero attached hydrogens (tertiary/aromatic N) is 1. The fourth-order valence-corrected chi connectivity index (χ4v) is 1.93. The number of carboxylic acids is 1. The van der Waals surface area contributed by atoms with Gasteiger partial charge in [0.05, 0.1) is 12.1 Å². The van der Waals surface area contributed by atoms with E-state index < -0.39 is 11.9 Å². The van der Waals surface area contributed by atoms with E-state index in [-0.39, 0.29) is 12.1 Å². The lowest BCUT2D eigenvalue weighted by molar-refractivity contribution is -0.116.